The van der Waals surface area contributed by atoms with E-state index in [4.69, 9.17) is 4.52 Å². The Hall–Kier alpha value is -1.77. The largest absolute Gasteiger partial charge is 0.483 e. The van der Waals surface area contributed by atoms with Crippen molar-refractivity contribution in [3.63, 3.8) is 0 Å². The monoisotopic (exact) mass is 249 g/mol. The van der Waals surface area contributed by atoms with Crippen LogP contribution in [0, 0.1) is 0 Å². The van der Waals surface area contributed by atoms with Gasteiger partial charge in [-0.25, -0.2) is 4.57 Å². The van der Waals surface area contributed by atoms with Gasteiger partial charge in [-0.1, -0.05) is 36.4 Å². The smallest absolute Gasteiger partial charge is 0.409 e. The number of nitrogens with one attached hydrogen (secondary N) is 1. The number of anilines is 1. The Bertz CT molecular complexity index is 470. The van der Waals surface area contributed by atoms with Crippen molar-refractivity contribution in [3.05, 3.63) is 60.7 Å². The summed E-state index contributed by atoms with van der Waals surface area (Å²) in [6, 6.07) is 17.3. The second kappa shape index (κ2) is 5.04. The molecule has 0 spiro atoms. The molecule has 1 atom stereocenters. The molecule has 0 saturated carbocycles. The maximum absolute atomic E-state index is 11.8. The van der Waals surface area contributed by atoms with Crippen LogP contribution in [-0.4, -0.2) is 4.89 Å². The molecule has 0 amide bonds. The normalized spacial score (nSPS) is 13.7. The van der Waals surface area contributed by atoms with Gasteiger partial charge in [-0.15, -0.1) is 0 Å². The van der Waals surface area contributed by atoms with E-state index in [1.165, 1.54) is 0 Å². The molecule has 0 aliphatic heterocycles. The summed E-state index contributed by atoms with van der Waals surface area (Å²) in [6.07, 6.45) is 0. The number of benzene rings is 2. The highest BCUT2D eigenvalue weighted by Gasteiger charge is 2.20. The van der Waals surface area contributed by atoms with Gasteiger partial charge in [0.1, 0.15) is 5.75 Å². The third-order valence-electron chi connectivity index (χ3n) is 2.02. The fourth-order valence-corrected chi connectivity index (χ4v) is 2.25. The molecule has 0 fully saturated rings. The van der Waals surface area contributed by atoms with Crippen LogP contribution < -0.4 is 9.61 Å². The van der Waals surface area contributed by atoms with E-state index >= 15 is 0 Å². The summed E-state index contributed by atoms with van der Waals surface area (Å²) in [4.78, 5) is 9.64. The van der Waals surface area contributed by atoms with Crippen molar-refractivity contribution in [2.75, 3.05) is 5.09 Å². The molecule has 17 heavy (non-hydrogen) atoms. The van der Waals surface area contributed by atoms with Crippen molar-refractivity contribution in [2.45, 2.75) is 0 Å². The average molecular weight is 249 g/mol. The summed E-state index contributed by atoms with van der Waals surface area (Å²) >= 11 is 0. The van der Waals surface area contributed by atoms with E-state index < -0.39 is 7.75 Å². The van der Waals surface area contributed by atoms with Crippen LogP contribution in [0.1, 0.15) is 0 Å². The standard InChI is InChI=1S/C12H12NO3P/c14-17(15,13-11-7-3-1-4-8-11)16-12-9-5-2-6-10-12/h1-10H,(H2,13,14,15). The third kappa shape index (κ3) is 3.63. The molecule has 0 bridgehead atoms. The third-order valence-corrected chi connectivity index (χ3v) is 3.02. The SMILES string of the molecule is O=P(O)(Nc1ccccc1)Oc1ccccc1. The molecular formula is C12H12NO3P. The van der Waals surface area contributed by atoms with Crippen LogP contribution in [-0.2, 0) is 4.57 Å². The second-order valence-corrected chi connectivity index (χ2v) is 4.85. The first-order valence-electron chi connectivity index (χ1n) is 5.06. The van der Waals surface area contributed by atoms with Crippen molar-refractivity contribution in [2.24, 2.45) is 0 Å². The summed E-state index contributed by atoms with van der Waals surface area (Å²) in [5, 5.41) is 2.46. The van der Waals surface area contributed by atoms with E-state index in [0.29, 0.717) is 11.4 Å². The van der Waals surface area contributed by atoms with E-state index in [1.54, 1.807) is 54.6 Å². The van der Waals surface area contributed by atoms with E-state index in [9.17, 15) is 9.46 Å². The van der Waals surface area contributed by atoms with Crippen LogP contribution in [0.5, 0.6) is 5.75 Å². The molecule has 2 aromatic rings. The van der Waals surface area contributed by atoms with Gasteiger partial charge in [-0.3, -0.25) is 9.98 Å². The summed E-state index contributed by atoms with van der Waals surface area (Å²) < 4.78 is 16.8. The summed E-state index contributed by atoms with van der Waals surface area (Å²) in [7, 11) is -3.89. The van der Waals surface area contributed by atoms with E-state index in [0.717, 1.165) is 0 Å². The van der Waals surface area contributed by atoms with Gasteiger partial charge in [0.15, 0.2) is 0 Å². The topological polar surface area (TPSA) is 58.6 Å². The predicted molar refractivity (Wildman–Crippen MR) is 67.0 cm³/mol. The molecule has 0 aliphatic carbocycles. The van der Waals surface area contributed by atoms with Crippen LogP contribution in [0.3, 0.4) is 0 Å². The lowest BCUT2D eigenvalue weighted by molar-refractivity contribution is 0.387. The molecule has 88 valence electrons. The van der Waals surface area contributed by atoms with Crippen LogP contribution in [0.15, 0.2) is 60.7 Å². The molecule has 0 saturated heterocycles. The molecule has 0 aromatic heterocycles. The van der Waals surface area contributed by atoms with Gasteiger partial charge in [0.2, 0.25) is 0 Å². The molecule has 0 radical (unpaired) electrons. The molecule has 5 heteroatoms. The summed E-state index contributed by atoms with van der Waals surface area (Å²) in [5.74, 6) is 0.349. The number of hydrogen-bond donors (Lipinski definition) is 2. The molecule has 2 rings (SSSR count). The van der Waals surface area contributed by atoms with Crippen molar-refractivity contribution in [3.8, 4) is 5.75 Å². The first-order chi connectivity index (χ1) is 8.16. The summed E-state index contributed by atoms with van der Waals surface area (Å²) in [5.41, 5.74) is 0.536. The van der Waals surface area contributed by atoms with Gasteiger partial charge in [-0.05, 0) is 24.3 Å². The highest BCUT2D eigenvalue weighted by atomic mass is 31.2. The maximum Gasteiger partial charge on any atom is 0.483 e. The quantitative estimate of drug-likeness (QED) is 0.816. The van der Waals surface area contributed by atoms with Gasteiger partial charge in [0.05, 0.1) is 0 Å². The molecule has 2 N–H and O–H groups in total. The van der Waals surface area contributed by atoms with Gasteiger partial charge in [0.25, 0.3) is 0 Å². The molecule has 1 unspecified atom stereocenters. The van der Waals surface area contributed by atoms with E-state index in [-0.39, 0.29) is 0 Å². The van der Waals surface area contributed by atoms with Crippen molar-refractivity contribution in [1.82, 2.24) is 0 Å². The van der Waals surface area contributed by atoms with E-state index in [1.807, 2.05) is 6.07 Å². The first kappa shape index (κ1) is 11.7. The van der Waals surface area contributed by atoms with Gasteiger partial charge in [-0.2, -0.15) is 0 Å². The molecule has 0 heterocycles. The number of para-hydroxylation sites is 2. The average Bonchev–Trinajstić information content (AvgIpc) is 2.30. The van der Waals surface area contributed by atoms with Crippen molar-refractivity contribution < 1.29 is 14.0 Å². The summed E-state index contributed by atoms with van der Waals surface area (Å²) in [6.45, 7) is 0. The molecular weight excluding hydrogens is 237 g/mol. The highest BCUT2D eigenvalue weighted by molar-refractivity contribution is 7.54. The van der Waals surface area contributed by atoms with Gasteiger partial charge in [0, 0.05) is 5.69 Å². The van der Waals surface area contributed by atoms with Crippen LogP contribution >= 0.6 is 7.75 Å². The lowest BCUT2D eigenvalue weighted by atomic mass is 10.3. The highest BCUT2D eigenvalue weighted by Crippen LogP contribution is 2.42. The fourth-order valence-electron chi connectivity index (χ4n) is 1.32. The first-order valence-corrected chi connectivity index (χ1v) is 6.64. The molecule has 2 aromatic carbocycles. The molecule has 4 nitrogen and oxygen atoms in total. The Labute approximate surface area is 99.5 Å². The zero-order valence-electron chi connectivity index (χ0n) is 8.98. The Morgan fingerprint density at radius 1 is 0.941 bits per heavy atom. The number of hydrogen-bond acceptors (Lipinski definition) is 2. The van der Waals surface area contributed by atoms with Crippen LogP contribution in [0.2, 0.25) is 0 Å². The predicted octanol–water partition coefficient (Wildman–Crippen LogP) is 3.28. The lowest BCUT2D eigenvalue weighted by Crippen LogP contribution is -2.02. The number of rotatable bonds is 4. The Morgan fingerprint density at radius 2 is 1.47 bits per heavy atom. The Kier molecular flexibility index (Phi) is 3.47. The van der Waals surface area contributed by atoms with Gasteiger partial charge < -0.3 is 4.52 Å². The zero-order chi connectivity index (χ0) is 12.1. The fraction of sp³-hybridized carbons (Fsp3) is 0. The molecule has 0 aliphatic rings. The lowest BCUT2D eigenvalue weighted by Gasteiger charge is -2.14. The second-order valence-electron chi connectivity index (χ2n) is 3.40. The Morgan fingerprint density at radius 3 is 2.06 bits per heavy atom. The van der Waals surface area contributed by atoms with Crippen molar-refractivity contribution in [1.29, 1.82) is 0 Å². The van der Waals surface area contributed by atoms with Crippen LogP contribution in [0.4, 0.5) is 5.69 Å². The van der Waals surface area contributed by atoms with E-state index in [2.05, 4.69) is 5.09 Å². The van der Waals surface area contributed by atoms with Crippen molar-refractivity contribution >= 4 is 13.4 Å². The van der Waals surface area contributed by atoms with Crippen LogP contribution in [0.25, 0.3) is 0 Å². The maximum atomic E-state index is 11.8. The minimum Gasteiger partial charge on any atom is -0.409 e. The van der Waals surface area contributed by atoms with Gasteiger partial charge >= 0.3 is 7.75 Å². The minimum absolute atomic E-state index is 0.349. The minimum atomic E-state index is -3.89. The Balaban J connectivity index is 2.07. The zero-order valence-corrected chi connectivity index (χ0v) is 9.88.